The van der Waals surface area contributed by atoms with Gasteiger partial charge in [-0.2, -0.15) is 0 Å². The molecule has 0 fully saturated rings. The van der Waals surface area contributed by atoms with Crippen molar-refractivity contribution < 1.29 is 0 Å². The van der Waals surface area contributed by atoms with Gasteiger partial charge in [0.2, 0.25) is 0 Å². The number of nitrogens with zero attached hydrogens (tertiary/aromatic N) is 1. The van der Waals surface area contributed by atoms with Gasteiger partial charge < -0.3 is 10.6 Å². The van der Waals surface area contributed by atoms with Crippen molar-refractivity contribution in [1.82, 2.24) is 4.90 Å². The van der Waals surface area contributed by atoms with Gasteiger partial charge in [-0.25, -0.2) is 0 Å². The summed E-state index contributed by atoms with van der Waals surface area (Å²) in [5.74, 6) is 0. The van der Waals surface area contributed by atoms with Gasteiger partial charge in [0, 0.05) is 12.1 Å². The third-order valence-corrected chi connectivity index (χ3v) is 3.62. The van der Waals surface area contributed by atoms with E-state index in [2.05, 4.69) is 46.4 Å². The molecule has 1 unspecified atom stereocenters. The summed E-state index contributed by atoms with van der Waals surface area (Å²) >= 11 is 0. The number of hydrogen-bond donors (Lipinski definition) is 1. The standard InChI is InChI=1S/C15H34N2/c1-7-8-9-11-17(13(2)3)12-10-14(16)15(4,5)6/h13-14H,7-12,16H2,1-6H3. The molecule has 0 aliphatic heterocycles. The second-order valence-electron chi connectivity index (χ2n) is 6.60. The topological polar surface area (TPSA) is 29.3 Å². The molecule has 2 nitrogen and oxygen atoms in total. The zero-order chi connectivity index (χ0) is 13.5. The van der Waals surface area contributed by atoms with Crippen molar-refractivity contribution in [3.8, 4) is 0 Å². The predicted molar refractivity (Wildman–Crippen MR) is 78.3 cm³/mol. The molecule has 0 bridgehead atoms. The van der Waals surface area contributed by atoms with Gasteiger partial charge in [-0.05, 0) is 45.2 Å². The van der Waals surface area contributed by atoms with Gasteiger partial charge in [0.1, 0.15) is 0 Å². The van der Waals surface area contributed by atoms with Crippen molar-refractivity contribution in [2.24, 2.45) is 11.1 Å². The van der Waals surface area contributed by atoms with Crippen LogP contribution >= 0.6 is 0 Å². The lowest BCUT2D eigenvalue weighted by Crippen LogP contribution is -2.40. The molecule has 2 N–H and O–H groups in total. The molecule has 0 aliphatic rings. The predicted octanol–water partition coefficient (Wildman–Crippen LogP) is 3.65. The molecule has 0 aromatic carbocycles. The Morgan fingerprint density at radius 3 is 2.06 bits per heavy atom. The third kappa shape index (κ3) is 7.77. The highest BCUT2D eigenvalue weighted by Gasteiger charge is 2.21. The van der Waals surface area contributed by atoms with Gasteiger partial charge in [-0.3, -0.25) is 0 Å². The molecule has 0 spiro atoms. The summed E-state index contributed by atoms with van der Waals surface area (Å²) in [4.78, 5) is 2.57. The molecule has 0 aromatic rings. The number of hydrogen-bond acceptors (Lipinski definition) is 2. The molecular formula is C15H34N2. The fourth-order valence-corrected chi connectivity index (χ4v) is 1.93. The molecule has 0 radical (unpaired) electrons. The summed E-state index contributed by atoms with van der Waals surface area (Å²) in [6.45, 7) is 15.9. The first-order valence-electron chi connectivity index (χ1n) is 7.28. The van der Waals surface area contributed by atoms with Crippen LogP contribution in [0.1, 0.15) is 67.2 Å². The lowest BCUT2D eigenvalue weighted by atomic mass is 9.85. The van der Waals surface area contributed by atoms with Gasteiger partial charge >= 0.3 is 0 Å². The highest BCUT2D eigenvalue weighted by Crippen LogP contribution is 2.20. The summed E-state index contributed by atoms with van der Waals surface area (Å²) in [7, 11) is 0. The Morgan fingerprint density at radius 2 is 1.65 bits per heavy atom. The van der Waals surface area contributed by atoms with E-state index in [1.165, 1.54) is 25.8 Å². The monoisotopic (exact) mass is 242 g/mol. The first-order valence-corrected chi connectivity index (χ1v) is 7.28. The largest absolute Gasteiger partial charge is 0.327 e. The fourth-order valence-electron chi connectivity index (χ4n) is 1.93. The zero-order valence-electron chi connectivity index (χ0n) is 12.9. The second kappa shape index (κ2) is 8.10. The van der Waals surface area contributed by atoms with E-state index in [4.69, 9.17) is 5.73 Å². The Bertz CT molecular complexity index is 182. The van der Waals surface area contributed by atoms with Crippen LogP contribution in [0.2, 0.25) is 0 Å². The molecule has 104 valence electrons. The minimum atomic E-state index is 0.228. The molecule has 0 aliphatic carbocycles. The molecule has 0 amide bonds. The Kier molecular flexibility index (Phi) is 8.06. The molecule has 0 saturated carbocycles. The van der Waals surface area contributed by atoms with Crippen LogP contribution in [-0.4, -0.2) is 30.1 Å². The van der Waals surface area contributed by atoms with Gasteiger partial charge in [0.05, 0.1) is 0 Å². The lowest BCUT2D eigenvalue weighted by molar-refractivity contribution is 0.190. The molecule has 0 rings (SSSR count). The summed E-state index contributed by atoms with van der Waals surface area (Å²) < 4.78 is 0. The van der Waals surface area contributed by atoms with Crippen molar-refractivity contribution >= 4 is 0 Å². The van der Waals surface area contributed by atoms with E-state index >= 15 is 0 Å². The maximum atomic E-state index is 6.23. The molecule has 2 heteroatoms. The summed E-state index contributed by atoms with van der Waals surface area (Å²) in [5.41, 5.74) is 6.46. The van der Waals surface area contributed by atoms with Gasteiger partial charge in [0.25, 0.3) is 0 Å². The van der Waals surface area contributed by atoms with E-state index in [1.54, 1.807) is 0 Å². The van der Waals surface area contributed by atoms with Crippen LogP contribution in [-0.2, 0) is 0 Å². The van der Waals surface area contributed by atoms with Crippen LogP contribution in [0.4, 0.5) is 0 Å². The van der Waals surface area contributed by atoms with Gasteiger partial charge in [-0.15, -0.1) is 0 Å². The van der Waals surface area contributed by atoms with Crippen molar-refractivity contribution in [1.29, 1.82) is 0 Å². The van der Waals surface area contributed by atoms with Crippen molar-refractivity contribution in [3.05, 3.63) is 0 Å². The van der Waals surface area contributed by atoms with E-state index in [9.17, 15) is 0 Å². The van der Waals surface area contributed by atoms with Crippen molar-refractivity contribution in [3.63, 3.8) is 0 Å². The van der Waals surface area contributed by atoms with Crippen LogP contribution in [0.15, 0.2) is 0 Å². The lowest BCUT2D eigenvalue weighted by Gasteiger charge is -2.32. The summed E-state index contributed by atoms with van der Waals surface area (Å²) in [6, 6.07) is 0.939. The van der Waals surface area contributed by atoms with Gasteiger partial charge in [0.15, 0.2) is 0 Å². The summed E-state index contributed by atoms with van der Waals surface area (Å²) in [5, 5.41) is 0. The Hall–Kier alpha value is -0.0800. The molecular weight excluding hydrogens is 208 g/mol. The average Bonchev–Trinajstić information content (AvgIpc) is 2.20. The Balaban J connectivity index is 4.00. The first kappa shape index (κ1) is 16.9. The maximum Gasteiger partial charge on any atom is 0.00998 e. The number of nitrogens with two attached hydrogens (primary N) is 1. The van der Waals surface area contributed by atoms with Gasteiger partial charge in [-0.1, -0.05) is 40.5 Å². The molecule has 0 heterocycles. The van der Waals surface area contributed by atoms with Crippen LogP contribution in [0.3, 0.4) is 0 Å². The van der Waals surface area contributed by atoms with Crippen molar-refractivity contribution in [2.75, 3.05) is 13.1 Å². The fraction of sp³-hybridized carbons (Fsp3) is 1.00. The minimum absolute atomic E-state index is 0.228. The SMILES string of the molecule is CCCCCN(CCC(N)C(C)(C)C)C(C)C. The van der Waals surface area contributed by atoms with Crippen LogP contribution in [0.5, 0.6) is 0 Å². The average molecular weight is 242 g/mol. The second-order valence-corrected chi connectivity index (χ2v) is 6.60. The summed E-state index contributed by atoms with van der Waals surface area (Å²) in [6.07, 6.45) is 5.06. The Labute approximate surface area is 109 Å². The molecule has 0 aromatic heterocycles. The quantitative estimate of drug-likeness (QED) is 0.658. The van der Waals surface area contributed by atoms with Crippen molar-refractivity contribution in [2.45, 2.75) is 79.3 Å². The smallest absolute Gasteiger partial charge is 0.00998 e. The first-order chi connectivity index (χ1) is 7.79. The minimum Gasteiger partial charge on any atom is -0.327 e. The molecule has 17 heavy (non-hydrogen) atoms. The highest BCUT2D eigenvalue weighted by molar-refractivity contribution is 4.78. The third-order valence-electron chi connectivity index (χ3n) is 3.62. The van der Waals surface area contributed by atoms with Crippen LogP contribution in [0.25, 0.3) is 0 Å². The van der Waals surface area contributed by atoms with E-state index in [0.29, 0.717) is 12.1 Å². The van der Waals surface area contributed by atoms with E-state index < -0.39 is 0 Å². The van der Waals surface area contributed by atoms with E-state index in [1.807, 2.05) is 0 Å². The normalized spacial score (nSPS) is 14.6. The Morgan fingerprint density at radius 1 is 1.06 bits per heavy atom. The number of unbranched alkanes of at least 4 members (excludes halogenated alkanes) is 2. The molecule has 0 saturated heterocycles. The van der Waals surface area contributed by atoms with E-state index in [-0.39, 0.29) is 5.41 Å². The zero-order valence-corrected chi connectivity index (χ0v) is 12.9. The van der Waals surface area contributed by atoms with Crippen LogP contribution < -0.4 is 5.73 Å². The maximum absolute atomic E-state index is 6.23. The van der Waals surface area contributed by atoms with E-state index in [0.717, 1.165) is 13.0 Å². The number of rotatable bonds is 8. The highest BCUT2D eigenvalue weighted by atomic mass is 15.1. The van der Waals surface area contributed by atoms with Crippen LogP contribution in [0, 0.1) is 5.41 Å². The molecule has 1 atom stereocenters.